The van der Waals surface area contributed by atoms with Gasteiger partial charge in [-0.2, -0.15) is 0 Å². The second-order valence-corrected chi connectivity index (χ2v) is 5.31. The van der Waals surface area contributed by atoms with Gasteiger partial charge in [-0.25, -0.2) is 0 Å². The molecule has 0 aliphatic heterocycles. The molecule has 0 amide bonds. The maximum Gasteiger partial charge on any atom is 0.307 e. The SMILES string of the molecule is CCCC1C(C(=O)O)C(C(=O)O)CC(C(=O)O)C1C(=O)O. The molecule has 8 heteroatoms. The Morgan fingerprint density at radius 2 is 1.19 bits per heavy atom. The average Bonchev–Trinajstić information content (AvgIpc) is 2.36. The Labute approximate surface area is 120 Å². The molecular weight excluding hydrogens is 284 g/mol. The van der Waals surface area contributed by atoms with Crippen LogP contribution in [0, 0.1) is 29.6 Å². The Hall–Kier alpha value is -2.12. The van der Waals surface area contributed by atoms with Crippen molar-refractivity contribution in [1.29, 1.82) is 0 Å². The second kappa shape index (κ2) is 6.55. The van der Waals surface area contributed by atoms with E-state index in [1.807, 2.05) is 0 Å². The first-order chi connectivity index (χ1) is 9.72. The molecule has 0 aromatic rings. The van der Waals surface area contributed by atoms with Gasteiger partial charge in [0.25, 0.3) is 0 Å². The van der Waals surface area contributed by atoms with E-state index < -0.39 is 59.9 Å². The van der Waals surface area contributed by atoms with Gasteiger partial charge in [-0.05, 0) is 18.8 Å². The van der Waals surface area contributed by atoms with Crippen molar-refractivity contribution in [3.05, 3.63) is 0 Å². The molecule has 0 aromatic carbocycles. The van der Waals surface area contributed by atoms with Crippen molar-refractivity contribution in [2.45, 2.75) is 26.2 Å². The van der Waals surface area contributed by atoms with Gasteiger partial charge >= 0.3 is 23.9 Å². The van der Waals surface area contributed by atoms with Gasteiger partial charge in [0, 0.05) is 0 Å². The Balaban J connectivity index is 3.33. The lowest BCUT2D eigenvalue weighted by Crippen LogP contribution is -2.51. The lowest BCUT2D eigenvalue weighted by Gasteiger charge is -2.40. The molecule has 4 atom stereocenters. The fourth-order valence-electron chi connectivity index (χ4n) is 3.30. The van der Waals surface area contributed by atoms with Crippen LogP contribution >= 0.6 is 0 Å². The van der Waals surface area contributed by atoms with Crippen LogP contribution in [0.15, 0.2) is 0 Å². The van der Waals surface area contributed by atoms with Crippen LogP contribution in [0.25, 0.3) is 0 Å². The molecule has 1 aliphatic rings. The molecule has 1 fully saturated rings. The zero-order valence-corrected chi connectivity index (χ0v) is 11.4. The van der Waals surface area contributed by atoms with Crippen LogP contribution in [0.1, 0.15) is 26.2 Å². The van der Waals surface area contributed by atoms with Gasteiger partial charge in [0.05, 0.1) is 23.7 Å². The van der Waals surface area contributed by atoms with Gasteiger partial charge in [0.1, 0.15) is 0 Å². The zero-order chi connectivity index (χ0) is 16.3. The van der Waals surface area contributed by atoms with E-state index in [9.17, 15) is 29.4 Å². The molecule has 4 N–H and O–H groups in total. The van der Waals surface area contributed by atoms with Gasteiger partial charge in [-0.3, -0.25) is 19.2 Å². The molecule has 0 saturated heterocycles. The maximum absolute atomic E-state index is 11.4. The quantitative estimate of drug-likeness (QED) is 0.557. The smallest absolute Gasteiger partial charge is 0.307 e. The fraction of sp³-hybridized carbons (Fsp3) is 0.692. The summed E-state index contributed by atoms with van der Waals surface area (Å²) in [6.45, 7) is 1.71. The monoisotopic (exact) mass is 302 g/mol. The Morgan fingerprint density at radius 1 is 0.810 bits per heavy atom. The highest BCUT2D eigenvalue weighted by atomic mass is 16.4. The summed E-state index contributed by atoms with van der Waals surface area (Å²) in [4.78, 5) is 45.3. The van der Waals surface area contributed by atoms with Crippen LogP contribution in [0.4, 0.5) is 0 Å². The van der Waals surface area contributed by atoms with Crippen molar-refractivity contribution in [2.75, 3.05) is 0 Å². The molecule has 0 aromatic heterocycles. The van der Waals surface area contributed by atoms with Crippen molar-refractivity contribution < 1.29 is 39.6 Å². The van der Waals surface area contributed by atoms with Crippen LogP contribution in [0.5, 0.6) is 0 Å². The molecule has 0 heterocycles. The van der Waals surface area contributed by atoms with Crippen molar-refractivity contribution in [3.8, 4) is 0 Å². The Kier molecular flexibility index (Phi) is 5.28. The summed E-state index contributed by atoms with van der Waals surface area (Å²) in [5.41, 5.74) is 0. The Bertz CT molecular complexity index is 419. The summed E-state index contributed by atoms with van der Waals surface area (Å²) in [6.07, 6.45) is 0.108. The molecule has 21 heavy (non-hydrogen) atoms. The minimum atomic E-state index is -1.40. The summed E-state index contributed by atoms with van der Waals surface area (Å²) in [5.74, 6) is -12.2. The van der Waals surface area contributed by atoms with Crippen molar-refractivity contribution >= 4 is 23.9 Å². The topological polar surface area (TPSA) is 149 Å². The summed E-state index contributed by atoms with van der Waals surface area (Å²) in [5, 5.41) is 36.9. The summed E-state index contributed by atoms with van der Waals surface area (Å²) < 4.78 is 0. The summed E-state index contributed by atoms with van der Waals surface area (Å²) in [6, 6.07) is 0. The number of aliphatic carboxylic acids is 4. The fourth-order valence-corrected chi connectivity index (χ4v) is 3.30. The standard InChI is InChI=1S/C13H18O8/c1-2-3-5-8(12(18)19)6(10(14)15)4-7(11(16)17)9(5)13(20)21/h5-9H,2-4H2,1H3,(H,14,15)(H,16,17)(H,18,19)(H,20,21). The van der Waals surface area contributed by atoms with Crippen LogP contribution in [-0.2, 0) is 19.2 Å². The first kappa shape index (κ1) is 16.9. The van der Waals surface area contributed by atoms with Crippen molar-refractivity contribution in [1.82, 2.24) is 0 Å². The highest BCUT2D eigenvalue weighted by Crippen LogP contribution is 2.45. The van der Waals surface area contributed by atoms with Crippen molar-refractivity contribution in [2.24, 2.45) is 29.6 Å². The number of carboxylic acids is 4. The van der Waals surface area contributed by atoms with Gasteiger partial charge in [-0.15, -0.1) is 0 Å². The first-order valence-corrected chi connectivity index (χ1v) is 6.63. The van der Waals surface area contributed by atoms with Crippen LogP contribution in [-0.4, -0.2) is 44.3 Å². The predicted octanol–water partition coefficient (Wildman–Crippen LogP) is 0.610. The lowest BCUT2D eigenvalue weighted by molar-refractivity contribution is -0.174. The number of hydrogen-bond donors (Lipinski definition) is 4. The van der Waals surface area contributed by atoms with E-state index in [-0.39, 0.29) is 6.42 Å². The number of rotatable bonds is 6. The minimum Gasteiger partial charge on any atom is -0.481 e. The second-order valence-electron chi connectivity index (χ2n) is 5.31. The highest BCUT2D eigenvalue weighted by Gasteiger charge is 2.54. The van der Waals surface area contributed by atoms with Crippen LogP contribution < -0.4 is 0 Å². The molecule has 0 bridgehead atoms. The van der Waals surface area contributed by atoms with Crippen LogP contribution in [0.3, 0.4) is 0 Å². The molecule has 8 nitrogen and oxygen atoms in total. The highest BCUT2D eigenvalue weighted by molar-refractivity contribution is 5.86. The van der Waals surface area contributed by atoms with Gasteiger partial charge < -0.3 is 20.4 Å². The van der Waals surface area contributed by atoms with E-state index in [1.54, 1.807) is 6.92 Å². The largest absolute Gasteiger partial charge is 0.481 e. The van der Waals surface area contributed by atoms with E-state index in [1.165, 1.54) is 0 Å². The Morgan fingerprint density at radius 3 is 1.43 bits per heavy atom. The molecule has 1 saturated carbocycles. The van der Waals surface area contributed by atoms with Gasteiger partial charge in [0.2, 0.25) is 0 Å². The minimum absolute atomic E-state index is 0.154. The van der Waals surface area contributed by atoms with E-state index in [4.69, 9.17) is 10.2 Å². The summed E-state index contributed by atoms with van der Waals surface area (Å²) in [7, 11) is 0. The molecule has 1 aliphatic carbocycles. The van der Waals surface area contributed by atoms with E-state index >= 15 is 0 Å². The number of hydrogen-bond acceptors (Lipinski definition) is 4. The molecule has 118 valence electrons. The van der Waals surface area contributed by atoms with Gasteiger partial charge in [-0.1, -0.05) is 13.3 Å². The van der Waals surface area contributed by atoms with E-state index in [0.717, 1.165) is 0 Å². The number of carboxylic acid groups (broad SMARTS) is 4. The summed E-state index contributed by atoms with van der Waals surface area (Å²) >= 11 is 0. The lowest BCUT2D eigenvalue weighted by atomic mass is 9.60. The third-order valence-electron chi connectivity index (χ3n) is 4.12. The molecular formula is C13H18O8. The van der Waals surface area contributed by atoms with E-state index in [2.05, 4.69) is 0 Å². The zero-order valence-electron chi connectivity index (χ0n) is 11.4. The molecule has 4 unspecified atom stereocenters. The van der Waals surface area contributed by atoms with Crippen molar-refractivity contribution in [3.63, 3.8) is 0 Å². The molecule has 0 spiro atoms. The van der Waals surface area contributed by atoms with E-state index in [0.29, 0.717) is 6.42 Å². The third kappa shape index (κ3) is 3.32. The molecule has 0 radical (unpaired) electrons. The predicted molar refractivity (Wildman–Crippen MR) is 67.5 cm³/mol. The van der Waals surface area contributed by atoms with Crippen LogP contribution in [0.2, 0.25) is 0 Å². The number of carbonyl (C=O) groups is 4. The first-order valence-electron chi connectivity index (χ1n) is 6.63. The third-order valence-corrected chi connectivity index (χ3v) is 4.12. The van der Waals surface area contributed by atoms with Gasteiger partial charge in [0.15, 0.2) is 0 Å². The molecule has 1 rings (SSSR count). The average molecular weight is 302 g/mol. The normalized spacial score (nSPS) is 32.3. The maximum atomic E-state index is 11.4.